The number of rotatable bonds is 4. The van der Waals surface area contributed by atoms with Gasteiger partial charge in [0, 0.05) is 57.9 Å². The molecule has 0 radical (unpaired) electrons. The first-order valence-corrected chi connectivity index (χ1v) is 11.7. The third kappa shape index (κ3) is 4.86. The Bertz CT molecular complexity index is 932. The van der Waals surface area contributed by atoms with Gasteiger partial charge in [0.1, 0.15) is 0 Å². The lowest BCUT2D eigenvalue weighted by molar-refractivity contribution is 0.0745. The number of amides is 1. The van der Waals surface area contributed by atoms with Gasteiger partial charge in [-0.25, -0.2) is 0 Å². The number of ether oxygens (including phenoxy) is 2. The van der Waals surface area contributed by atoms with Crippen LogP contribution in [0, 0.1) is 6.92 Å². The van der Waals surface area contributed by atoms with E-state index in [0.29, 0.717) is 70.5 Å². The molecule has 3 aliphatic rings. The van der Waals surface area contributed by atoms with E-state index >= 15 is 0 Å². The molecular formula is C23H31N7O3. The molecule has 1 aromatic carbocycles. The van der Waals surface area contributed by atoms with Crippen molar-refractivity contribution in [1.29, 1.82) is 0 Å². The number of carbonyl (C=O) groups excluding carboxylic acids is 1. The third-order valence-corrected chi connectivity index (χ3v) is 6.41. The normalized spacial score (nSPS) is 19.7. The Morgan fingerprint density at radius 2 is 1.15 bits per heavy atom. The highest BCUT2D eigenvalue weighted by atomic mass is 16.5. The maximum absolute atomic E-state index is 13.0. The molecule has 4 heterocycles. The van der Waals surface area contributed by atoms with Crippen molar-refractivity contribution in [2.75, 3.05) is 93.5 Å². The van der Waals surface area contributed by atoms with Gasteiger partial charge in [0.15, 0.2) is 0 Å². The minimum Gasteiger partial charge on any atom is -0.378 e. The Morgan fingerprint density at radius 3 is 1.64 bits per heavy atom. The van der Waals surface area contributed by atoms with E-state index in [1.807, 2.05) is 36.1 Å². The summed E-state index contributed by atoms with van der Waals surface area (Å²) in [5.41, 5.74) is 1.78. The number of aryl methyl sites for hydroxylation is 1. The van der Waals surface area contributed by atoms with E-state index in [2.05, 4.69) is 14.7 Å². The number of carbonyl (C=O) groups is 1. The molecule has 3 fully saturated rings. The van der Waals surface area contributed by atoms with E-state index in [-0.39, 0.29) is 5.91 Å². The van der Waals surface area contributed by atoms with E-state index in [1.54, 1.807) is 0 Å². The molecule has 1 aromatic heterocycles. The molecule has 0 bridgehead atoms. The van der Waals surface area contributed by atoms with Gasteiger partial charge in [0.2, 0.25) is 17.8 Å². The van der Waals surface area contributed by atoms with Gasteiger partial charge in [0.05, 0.1) is 26.4 Å². The van der Waals surface area contributed by atoms with Crippen molar-refractivity contribution < 1.29 is 14.3 Å². The monoisotopic (exact) mass is 453 g/mol. The summed E-state index contributed by atoms with van der Waals surface area (Å²) in [5.74, 6) is 2.16. The Morgan fingerprint density at radius 1 is 0.697 bits per heavy atom. The summed E-state index contributed by atoms with van der Waals surface area (Å²) >= 11 is 0. The fraction of sp³-hybridized carbons (Fsp3) is 0.565. The van der Waals surface area contributed by atoms with Crippen LogP contribution in [0.3, 0.4) is 0 Å². The SMILES string of the molecule is Cc1ccccc1C(=O)N1CCN(c2nc(N3CCOCC3)nc(N3CCOCC3)n2)CC1. The lowest BCUT2D eigenvalue weighted by Gasteiger charge is -2.36. The fourth-order valence-electron chi connectivity index (χ4n) is 4.39. The highest BCUT2D eigenvalue weighted by molar-refractivity contribution is 5.95. The van der Waals surface area contributed by atoms with Crippen LogP contribution in [0.2, 0.25) is 0 Å². The first-order valence-electron chi connectivity index (χ1n) is 11.7. The molecule has 1 amide bonds. The van der Waals surface area contributed by atoms with Gasteiger partial charge < -0.3 is 29.1 Å². The predicted octanol–water partition coefficient (Wildman–Crippen LogP) is 0.816. The van der Waals surface area contributed by atoms with Gasteiger partial charge >= 0.3 is 0 Å². The summed E-state index contributed by atoms with van der Waals surface area (Å²) < 4.78 is 11.0. The van der Waals surface area contributed by atoms with E-state index in [0.717, 1.165) is 37.3 Å². The summed E-state index contributed by atoms with van der Waals surface area (Å²) in [6.07, 6.45) is 0. The maximum Gasteiger partial charge on any atom is 0.254 e. The Kier molecular flexibility index (Phi) is 6.54. The molecular weight excluding hydrogens is 422 g/mol. The van der Waals surface area contributed by atoms with Gasteiger partial charge in [0.25, 0.3) is 5.91 Å². The number of anilines is 3. The van der Waals surface area contributed by atoms with Crippen LogP contribution in [0.5, 0.6) is 0 Å². The van der Waals surface area contributed by atoms with Crippen LogP contribution >= 0.6 is 0 Å². The molecule has 5 rings (SSSR count). The zero-order valence-electron chi connectivity index (χ0n) is 19.1. The number of hydrogen-bond acceptors (Lipinski definition) is 9. The van der Waals surface area contributed by atoms with Crippen LogP contribution in [0.1, 0.15) is 15.9 Å². The molecule has 2 aromatic rings. The summed E-state index contributed by atoms with van der Waals surface area (Å²) in [7, 11) is 0. The highest BCUT2D eigenvalue weighted by Gasteiger charge is 2.27. The summed E-state index contributed by atoms with van der Waals surface area (Å²) in [4.78, 5) is 35.9. The van der Waals surface area contributed by atoms with Gasteiger partial charge in [-0.3, -0.25) is 4.79 Å². The van der Waals surface area contributed by atoms with Crippen molar-refractivity contribution in [3.05, 3.63) is 35.4 Å². The molecule has 0 unspecified atom stereocenters. The minimum absolute atomic E-state index is 0.0893. The van der Waals surface area contributed by atoms with E-state index in [1.165, 1.54) is 0 Å². The number of piperazine rings is 1. The molecule has 0 aliphatic carbocycles. The lowest BCUT2D eigenvalue weighted by atomic mass is 10.1. The first-order chi connectivity index (χ1) is 16.2. The minimum atomic E-state index is 0.0893. The Balaban J connectivity index is 1.34. The molecule has 0 atom stereocenters. The van der Waals surface area contributed by atoms with Crippen molar-refractivity contribution in [3.63, 3.8) is 0 Å². The average molecular weight is 454 g/mol. The van der Waals surface area contributed by atoms with Gasteiger partial charge in [-0.1, -0.05) is 18.2 Å². The fourth-order valence-corrected chi connectivity index (χ4v) is 4.39. The quantitative estimate of drug-likeness (QED) is 0.668. The number of morpholine rings is 2. The molecule has 10 heteroatoms. The third-order valence-electron chi connectivity index (χ3n) is 6.41. The van der Waals surface area contributed by atoms with Crippen LogP contribution in [-0.2, 0) is 9.47 Å². The van der Waals surface area contributed by atoms with Crippen LogP contribution in [0.25, 0.3) is 0 Å². The van der Waals surface area contributed by atoms with E-state index in [9.17, 15) is 4.79 Å². The summed E-state index contributed by atoms with van der Waals surface area (Å²) in [6.45, 7) is 10.4. The maximum atomic E-state index is 13.0. The second-order valence-electron chi connectivity index (χ2n) is 8.53. The second kappa shape index (κ2) is 9.88. The van der Waals surface area contributed by atoms with Crippen LogP contribution in [0.4, 0.5) is 17.8 Å². The number of hydrogen-bond donors (Lipinski definition) is 0. The first kappa shape index (κ1) is 21.8. The Hall–Kier alpha value is -2.98. The van der Waals surface area contributed by atoms with Crippen molar-refractivity contribution >= 4 is 23.8 Å². The van der Waals surface area contributed by atoms with E-state index < -0.39 is 0 Å². The predicted molar refractivity (Wildman–Crippen MR) is 125 cm³/mol. The zero-order chi connectivity index (χ0) is 22.6. The van der Waals surface area contributed by atoms with Gasteiger partial charge in [-0.05, 0) is 18.6 Å². The molecule has 0 spiro atoms. The lowest BCUT2D eigenvalue weighted by Crippen LogP contribution is -2.49. The van der Waals surface area contributed by atoms with Crippen molar-refractivity contribution in [1.82, 2.24) is 19.9 Å². The summed E-state index contributed by atoms with van der Waals surface area (Å²) in [5, 5.41) is 0. The topological polar surface area (TPSA) is 87.2 Å². The zero-order valence-corrected chi connectivity index (χ0v) is 19.1. The molecule has 3 saturated heterocycles. The largest absolute Gasteiger partial charge is 0.378 e. The molecule has 3 aliphatic heterocycles. The molecule has 0 saturated carbocycles. The van der Waals surface area contributed by atoms with Crippen LogP contribution in [0.15, 0.2) is 24.3 Å². The Labute approximate surface area is 194 Å². The van der Waals surface area contributed by atoms with E-state index in [4.69, 9.17) is 24.4 Å². The number of benzene rings is 1. The van der Waals surface area contributed by atoms with Gasteiger partial charge in [-0.2, -0.15) is 15.0 Å². The van der Waals surface area contributed by atoms with Crippen molar-refractivity contribution in [2.45, 2.75) is 6.92 Å². The number of aromatic nitrogens is 3. The smallest absolute Gasteiger partial charge is 0.254 e. The molecule has 0 N–H and O–H groups in total. The molecule has 176 valence electrons. The standard InChI is InChI=1S/C23H31N7O3/c1-18-4-2-3-5-19(18)20(31)27-6-8-28(9-7-27)21-24-22(29-10-14-32-15-11-29)26-23(25-21)30-12-16-33-17-13-30/h2-5H,6-17H2,1H3. The van der Waals surface area contributed by atoms with Crippen LogP contribution < -0.4 is 14.7 Å². The molecule has 33 heavy (non-hydrogen) atoms. The van der Waals surface area contributed by atoms with Gasteiger partial charge in [-0.15, -0.1) is 0 Å². The molecule has 10 nitrogen and oxygen atoms in total. The van der Waals surface area contributed by atoms with Crippen LogP contribution in [-0.4, -0.2) is 105 Å². The number of nitrogens with zero attached hydrogens (tertiary/aromatic N) is 7. The summed E-state index contributed by atoms with van der Waals surface area (Å²) in [6, 6.07) is 7.76. The average Bonchev–Trinajstić information content (AvgIpc) is 2.89. The second-order valence-corrected chi connectivity index (χ2v) is 8.53. The highest BCUT2D eigenvalue weighted by Crippen LogP contribution is 2.22. The van der Waals surface area contributed by atoms with Crippen molar-refractivity contribution in [3.8, 4) is 0 Å². The van der Waals surface area contributed by atoms with Crippen molar-refractivity contribution in [2.24, 2.45) is 0 Å².